The number of halogens is 2. The second-order valence-electron chi connectivity index (χ2n) is 4.97. The SMILES string of the molecule is O/N=C1/CCN(Cc2cc(Cl)ccc2F)c2ccccc21. The predicted molar refractivity (Wildman–Crippen MR) is 81.8 cm³/mol. The first kappa shape index (κ1) is 13.9. The Balaban J connectivity index is 1.95. The van der Waals surface area contributed by atoms with Crippen molar-refractivity contribution < 1.29 is 9.60 Å². The number of anilines is 1. The van der Waals surface area contributed by atoms with Gasteiger partial charge in [-0.2, -0.15) is 0 Å². The number of hydrogen-bond donors (Lipinski definition) is 1. The molecule has 0 bridgehead atoms. The molecule has 3 rings (SSSR count). The van der Waals surface area contributed by atoms with Gasteiger partial charge in [0, 0.05) is 41.3 Å². The summed E-state index contributed by atoms with van der Waals surface area (Å²) in [6.45, 7) is 1.10. The molecule has 0 radical (unpaired) electrons. The largest absolute Gasteiger partial charge is 0.411 e. The van der Waals surface area contributed by atoms with Crippen LogP contribution in [-0.2, 0) is 6.54 Å². The fraction of sp³-hybridized carbons (Fsp3) is 0.188. The van der Waals surface area contributed by atoms with E-state index < -0.39 is 0 Å². The molecule has 21 heavy (non-hydrogen) atoms. The highest BCUT2D eigenvalue weighted by Crippen LogP contribution is 2.29. The summed E-state index contributed by atoms with van der Waals surface area (Å²) < 4.78 is 13.9. The zero-order valence-electron chi connectivity index (χ0n) is 11.3. The molecule has 0 aromatic heterocycles. The molecule has 2 aromatic rings. The molecular weight excluding hydrogens is 291 g/mol. The Morgan fingerprint density at radius 2 is 2.05 bits per heavy atom. The maximum atomic E-state index is 13.9. The van der Waals surface area contributed by atoms with Crippen molar-refractivity contribution in [3.8, 4) is 0 Å². The monoisotopic (exact) mass is 304 g/mol. The lowest BCUT2D eigenvalue weighted by atomic mass is 9.99. The summed E-state index contributed by atoms with van der Waals surface area (Å²) in [5, 5.41) is 13.0. The maximum Gasteiger partial charge on any atom is 0.128 e. The van der Waals surface area contributed by atoms with Gasteiger partial charge in [-0.3, -0.25) is 0 Å². The van der Waals surface area contributed by atoms with Crippen molar-refractivity contribution in [2.45, 2.75) is 13.0 Å². The average molecular weight is 305 g/mol. The lowest BCUT2D eigenvalue weighted by Gasteiger charge is -2.31. The van der Waals surface area contributed by atoms with E-state index in [9.17, 15) is 4.39 Å². The summed E-state index contributed by atoms with van der Waals surface area (Å²) in [5.41, 5.74) is 3.04. The molecule has 1 aliphatic rings. The molecule has 0 aliphatic carbocycles. The first-order chi connectivity index (χ1) is 10.2. The number of hydrogen-bond acceptors (Lipinski definition) is 3. The van der Waals surface area contributed by atoms with E-state index in [1.165, 1.54) is 6.07 Å². The summed E-state index contributed by atoms with van der Waals surface area (Å²) in [7, 11) is 0. The normalized spacial score (nSPS) is 16.1. The highest BCUT2D eigenvalue weighted by atomic mass is 35.5. The molecule has 0 atom stereocenters. The first-order valence-electron chi connectivity index (χ1n) is 6.68. The van der Waals surface area contributed by atoms with Crippen molar-refractivity contribution in [1.29, 1.82) is 0 Å². The van der Waals surface area contributed by atoms with E-state index in [0.717, 1.165) is 11.3 Å². The van der Waals surface area contributed by atoms with E-state index in [-0.39, 0.29) is 5.82 Å². The van der Waals surface area contributed by atoms with Gasteiger partial charge in [0.15, 0.2) is 0 Å². The number of nitrogens with zero attached hydrogens (tertiary/aromatic N) is 2. The lowest BCUT2D eigenvalue weighted by Crippen LogP contribution is -2.32. The molecule has 1 heterocycles. The van der Waals surface area contributed by atoms with E-state index in [2.05, 4.69) is 10.1 Å². The third-order valence-electron chi connectivity index (χ3n) is 3.66. The van der Waals surface area contributed by atoms with Crippen LogP contribution < -0.4 is 4.90 Å². The fourth-order valence-corrected chi connectivity index (χ4v) is 2.82. The zero-order chi connectivity index (χ0) is 14.8. The highest BCUT2D eigenvalue weighted by molar-refractivity contribution is 6.30. The Morgan fingerprint density at radius 1 is 1.24 bits per heavy atom. The van der Waals surface area contributed by atoms with Crippen LogP contribution in [0, 0.1) is 5.82 Å². The van der Waals surface area contributed by atoms with Crippen LogP contribution >= 0.6 is 11.6 Å². The summed E-state index contributed by atoms with van der Waals surface area (Å²) in [6.07, 6.45) is 0.621. The minimum atomic E-state index is -0.265. The number of para-hydroxylation sites is 1. The van der Waals surface area contributed by atoms with Crippen molar-refractivity contribution in [2.75, 3.05) is 11.4 Å². The van der Waals surface area contributed by atoms with Crippen LogP contribution in [0.1, 0.15) is 17.5 Å². The van der Waals surface area contributed by atoms with Crippen molar-refractivity contribution in [3.05, 3.63) is 64.4 Å². The van der Waals surface area contributed by atoms with E-state index in [1.54, 1.807) is 12.1 Å². The van der Waals surface area contributed by atoms with Crippen molar-refractivity contribution in [3.63, 3.8) is 0 Å². The second kappa shape index (κ2) is 5.74. The van der Waals surface area contributed by atoms with Crippen LogP contribution in [0.15, 0.2) is 47.6 Å². The van der Waals surface area contributed by atoms with Gasteiger partial charge in [0.1, 0.15) is 5.82 Å². The van der Waals surface area contributed by atoms with E-state index in [0.29, 0.717) is 35.8 Å². The minimum Gasteiger partial charge on any atom is -0.411 e. The predicted octanol–water partition coefficient (Wildman–Crippen LogP) is 4.07. The van der Waals surface area contributed by atoms with Gasteiger partial charge in [0.2, 0.25) is 0 Å². The molecule has 0 fully saturated rings. The average Bonchev–Trinajstić information content (AvgIpc) is 2.51. The van der Waals surface area contributed by atoms with E-state index in [1.807, 2.05) is 24.3 Å². The molecule has 0 saturated heterocycles. The van der Waals surface area contributed by atoms with Gasteiger partial charge in [0.25, 0.3) is 0 Å². The Kier molecular flexibility index (Phi) is 3.80. The number of oxime groups is 1. The molecule has 0 amide bonds. The Hall–Kier alpha value is -2.07. The van der Waals surface area contributed by atoms with Gasteiger partial charge < -0.3 is 10.1 Å². The highest BCUT2D eigenvalue weighted by Gasteiger charge is 2.22. The molecule has 2 aromatic carbocycles. The lowest BCUT2D eigenvalue weighted by molar-refractivity contribution is 0.317. The van der Waals surface area contributed by atoms with Crippen molar-refractivity contribution in [2.24, 2.45) is 5.16 Å². The molecular formula is C16H14ClFN2O. The van der Waals surface area contributed by atoms with Gasteiger partial charge in [-0.25, -0.2) is 4.39 Å². The summed E-state index contributed by atoms with van der Waals surface area (Å²) >= 11 is 5.94. The number of benzene rings is 2. The Morgan fingerprint density at radius 3 is 2.86 bits per heavy atom. The third-order valence-corrected chi connectivity index (χ3v) is 3.90. The quantitative estimate of drug-likeness (QED) is 0.670. The molecule has 5 heteroatoms. The molecule has 0 saturated carbocycles. The zero-order valence-corrected chi connectivity index (χ0v) is 12.0. The summed E-state index contributed by atoms with van der Waals surface area (Å²) in [6, 6.07) is 12.2. The maximum absolute atomic E-state index is 13.9. The fourth-order valence-electron chi connectivity index (χ4n) is 2.63. The Labute approximate surface area is 127 Å². The molecule has 0 unspecified atom stereocenters. The molecule has 108 valence electrons. The van der Waals surface area contributed by atoms with Gasteiger partial charge in [-0.15, -0.1) is 0 Å². The number of fused-ring (bicyclic) bond motifs is 1. The molecule has 3 nitrogen and oxygen atoms in total. The van der Waals surface area contributed by atoms with E-state index in [4.69, 9.17) is 16.8 Å². The van der Waals surface area contributed by atoms with Crippen LogP contribution in [-0.4, -0.2) is 17.5 Å². The first-order valence-corrected chi connectivity index (χ1v) is 7.06. The van der Waals surface area contributed by atoms with Crippen LogP contribution in [0.2, 0.25) is 5.02 Å². The summed E-state index contributed by atoms with van der Waals surface area (Å²) in [5.74, 6) is -0.265. The van der Waals surface area contributed by atoms with Gasteiger partial charge in [-0.1, -0.05) is 35.0 Å². The van der Waals surface area contributed by atoms with E-state index >= 15 is 0 Å². The van der Waals surface area contributed by atoms with Crippen molar-refractivity contribution in [1.82, 2.24) is 0 Å². The van der Waals surface area contributed by atoms with Gasteiger partial charge in [0.05, 0.1) is 5.71 Å². The van der Waals surface area contributed by atoms with Gasteiger partial charge >= 0.3 is 0 Å². The van der Waals surface area contributed by atoms with Crippen LogP contribution in [0.5, 0.6) is 0 Å². The Bertz CT molecular complexity index is 702. The van der Waals surface area contributed by atoms with Gasteiger partial charge in [-0.05, 0) is 24.3 Å². The molecule has 1 N–H and O–H groups in total. The van der Waals surface area contributed by atoms with Crippen LogP contribution in [0.25, 0.3) is 0 Å². The third kappa shape index (κ3) is 2.72. The standard InChI is InChI=1S/C16H14ClFN2O/c17-12-5-6-14(18)11(9-12)10-20-8-7-15(19-21)13-3-1-2-4-16(13)20/h1-6,9,21H,7-8,10H2/b19-15-. The molecule has 1 aliphatic heterocycles. The van der Waals surface area contributed by atoms with Crippen LogP contribution in [0.4, 0.5) is 10.1 Å². The minimum absolute atomic E-state index is 0.265. The summed E-state index contributed by atoms with van der Waals surface area (Å²) in [4.78, 5) is 2.07. The second-order valence-corrected chi connectivity index (χ2v) is 5.41. The molecule has 0 spiro atoms. The van der Waals surface area contributed by atoms with Crippen molar-refractivity contribution >= 4 is 23.0 Å². The van der Waals surface area contributed by atoms with Crippen LogP contribution in [0.3, 0.4) is 0 Å². The smallest absolute Gasteiger partial charge is 0.128 e. The topological polar surface area (TPSA) is 35.8 Å². The number of rotatable bonds is 2.